The number of nitrogens with zero attached hydrogens (tertiary/aromatic N) is 1. The predicted octanol–water partition coefficient (Wildman–Crippen LogP) is 4.50. The Bertz CT molecular complexity index is 760. The summed E-state index contributed by atoms with van der Waals surface area (Å²) < 4.78 is 11.5. The summed E-state index contributed by atoms with van der Waals surface area (Å²) in [7, 11) is 1.60. The Labute approximate surface area is 162 Å². The number of amides is 1. The van der Waals surface area contributed by atoms with E-state index < -0.39 is 0 Å². The van der Waals surface area contributed by atoms with Crippen molar-refractivity contribution < 1.29 is 14.3 Å². The summed E-state index contributed by atoms with van der Waals surface area (Å²) in [6.45, 7) is 4.25. The third kappa shape index (κ3) is 5.88. The number of methoxy groups -OCH3 is 1. The van der Waals surface area contributed by atoms with Gasteiger partial charge in [0, 0.05) is 0 Å². The summed E-state index contributed by atoms with van der Waals surface area (Å²) in [6.07, 6.45) is 2.65. The van der Waals surface area contributed by atoms with E-state index in [4.69, 9.17) is 9.47 Å². The van der Waals surface area contributed by atoms with Crippen LogP contribution in [0.3, 0.4) is 0 Å². The average molecular weight is 419 g/mol. The number of hydrazone groups is 1. The molecule has 0 spiro atoms. The lowest BCUT2D eigenvalue weighted by Gasteiger charge is -2.10. The summed E-state index contributed by atoms with van der Waals surface area (Å²) in [5.74, 6) is 1.59. The molecule has 0 heterocycles. The molecule has 26 heavy (non-hydrogen) atoms. The van der Waals surface area contributed by atoms with Gasteiger partial charge in [0.1, 0.15) is 11.5 Å². The van der Waals surface area contributed by atoms with Crippen molar-refractivity contribution in [2.75, 3.05) is 13.7 Å². The first-order chi connectivity index (χ1) is 12.5. The van der Waals surface area contributed by atoms with E-state index in [1.165, 1.54) is 5.56 Å². The van der Waals surface area contributed by atoms with Crippen LogP contribution in [-0.2, 0) is 4.79 Å². The van der Waals surface area contributed by atoms with E-state index in [9.17, 15) is 4.79 Å². The van der Waals surface area contributed by atoms with Gasteiger partial charge < -0.3 is 9.47 Å². The second-order valence-corrected chi connectivity index (χ2v) is 6.71. The molecule has 0 aliphatic heterocycles. The van der Waals surface area contributed by atoms with Crippen LogP contribution in [0.4, 0.5) is 0 Å². The van der Waals surface area contributed by atoms with Crippen LogP contribution >= 0.6 is 15.9 Å². The molecule has 0 radical (unpaired) electrons. The minimum atomic E-state index is -0.320. The third-order valence-corrected chi connectivity index (χ3v) is 4.63. The highest BCUT2D eigenvalue weighted by molar-refractivity contribution is 9.10. The number of rotatable bonds is 8. The van der Waals surface area contributed by atoms with Gasteiger partial charge in [0.15, 0.2) is 6.61 Å². The van der Waals surface area contributed by atoms with Crippen molar-refractivity contribution in [3.8, 4) is 11.5 Å². The lowest BCUT2D eigenvalue weighted by atomic mass is 9.99. The Morgan fingerprint density at radius 3 is 2.62 bits per heavy atom. The van der Waals surface area contributed by atoms with Crippen LogP contribution in [0.25, 0.3) is 0 Å². The van der Waals surface area contributed by atoms with Crippen molar-refractivity contribution in [2.24, 2.45) is 5.10 Å². The van der Waals surface area contributed by atoms with Gasteiger partial charge in [-0.1, -0.05) is 26.0 Å². The smallest absolute Gasteiger partial charge is 0.277 e. The first kappa shape index (κ1) is 20.0. The molecule has 2 rings (SSSR count). The van der Waals surface area contributed by atoms with Crippen molar-refractivity contribution in [3.05, 3.63) is 58.1 Å². The molecule has 1 amide bonds. The second kappa shape index (κ2) is 9.97. The molecule has 138 valence electrons. The van der Waals surface area contributed by atoms with Crippen molar-refractivity contribution >= 4 is 28.1 Å². The lowest BCUT2D eigenvalue weighted by molar-refractivity contribution is -0.123. The van der Waals surface area contributed by atoms with E-state index in [1.54, 1.807) is 13.3 Å². The van der Waals surface area contributed by atoms with Gasteiger partial charge >= 0.3 is 0 Å². The molecular weight excluding hydrogens is 396 g/mol. The third-order valence-electron chi connectivity index (χ3n) is 4.01. The molecule has 5 nitrogen and oxygen atoms in total. The fourth-order valence-corrected chi connectivity index (χ4v) is 2.81. The number of hydrogen-bond donors (Lipinski definition) is 1. The van der Waals surface area contributed by atoms with Crippen molar-refractivity contribution in [1.82, 2.24) is 5.43 Å². The summed E-state index contributed by atoms with van der Waals surface area (Å²) in [4.78, 5) is 11.8. The Morgan fingerprint density at radius 1 is 1.27 bits per heavy atom. The van der Waals surface area contributed by atoms with Crippen LogP contribution in [-0.4, -0.2) is 25.8 Å². The van der Waals surface area contributed by atoms with E-state index in [0.717, 1.165) is 22.2 Å². The van der Waals surface area contributed by atoms with Gasteiger partial charge in [0.2, 0.25) is 0 Å². The molecule has 1 atom stereocenters. The van der Waals surface area contributed by atoms with Gasteiger partial charge in [0.25, 0.3) is 5.91 Å². The van der Waals surface area contributed by atoms with Crippen LogP contribution in [0.15, 0.2) is 52.0 Å². The molecule has 2 aromatic carbocycles. The normalized spacial score (nSPS) is 12.0. The van der Waals surface area contributed by atoms with E-state index in [1.807, 2.05) is 42.5 Å². The molecule has 1 N–H and O–H groups in total. The fraction of sp³-hybridized carbons (Fsp3) is 0.300. The zero-order chi connectivity index (χ0) is 18.9. The number of nitrogens with one attached hydrogen (secondary N) is 1. The Hall–Kier alpha value is -2.34. The molecular formula is C20H23BrN2O3. The maximum Gasteiger partial charge on any atom is 0.277 e. The quantitative estimate of drug-likeness (QED) is 0.506. The van der Waals surface area contributed by atoms with Crippen LogP contribution < -0.4 is 14.9 Å². The molecule has 0 aromatic heterocycles. The second-order valence-electron chi connectivity index (χ2n) is 5.85. The van der Waals surface area contributed by atoms with Crippen molar-refractivity contribution in [3.63, 3.8) is 0 Å². The highest BCUT2D eigenvalue weighted by Crippen LogP contribution is 2.24. The van der Waals surface area contributed by atoms with Gasteiger partial charge in [-0.3, -0.25) is 4.79 Å². The maximum atomic E-state index is 11.8. The molecule has 0 bridgehead atoms. The topological polar surface area (TPSA) is 59.9 Å². The van der Waals surface area contributed by atoms with Gasteiger partial charge in [-0.15, -0.1) is 0 Å². The van der Waals surface area contributed by atoms with Gasteiger partial charge in [-0.25, -0.2) is 5.43 Å². The number of carbonyl (C=O) groups is 1. The summed E-state index contributed by atoms with van der Waals surface area (Å²) >= 11 is 3.40. The average Bonchev–Trinajstić information content (AvgIpc) is 2.66. The molecule has 1 unspecified atom stereocenters. The number of halogens is 1. The fourth-order valence-electron chi connectivity index (χ4n) is 2.25. The summed E-state index contributed by atoms with van der Waals surface area (Å²) in [5.41, 5.74) is 4.54. The van der Waals surface area contributed by atoms with Gasteiger partial charge in [-0.2, -0.15) is 5.10 Å². The van der Waals surface area contributed by atoms with E-state index in [-0.39, 0.29) is 12.5 Å². The first-order valence-electron chi connectivity index (χ1n) is 8.41. The minimum Gasteiger partial charge on any atom is -0.496 e. The van der Waals surface area contributed by atoms with Crippen molar-refractivity contribution in [2.45, 2.75) is 26.2 Å². The molecule has 2 aromatic rings. The SMILES string of the molecule is CCC(C)c1ccc(OCC(=O)NN=Cc2ccc(OC)c(Br)c2)cc1. The molecule has 0 saturated carbocycles. The highest BCUT2D eigenvalue weighted by Gasteiger charge is 2.05. The maximum absolute atomic E-state index is 11.8. The van der Waals surface area contributed by atoms with E-state index in [2.05, 4.69) is 40.3 Å². The zero-order valence-corrected chi connectivity index (χ0v) is 16.7. The monoisotopic (exact) mass is 418 g/mol. The molecule has 0 fully saturated rings. The van der Waals surface area contributed by atoms with E-state index >= 15 is 0 Å². The number of ether oxygens (including phenoxy) is 2. The zero-order valence-electron chi connectivity index (χ0n) is 15.2. The minimum absolute atomic E-state index is 0.0909. The summed E-state index contributed by atoms with van der Waals surface area (Å²) in [6, 6.07) is 13.3. The van der Waals surface area contributed by atoms with Gasteiger partial charge in [-0.05, 0) is 69.7 Å². The number of carbonyl (C=O) groups excluding carboxylic acids is 1. The van der Waals surface area contributed by atoms with Crippen LogP contribution in [0.1, 0.15) is 37.3 Å². The first-order valence-corrected chi connectivity index (χ1v) is 9.21. The Balaban J connectivity index is 1.80. The van der Waals surface area contributed by atoms with Crippen LogP contribution in [0, 0.1) is 0 Å². The predicted molar refractivity (Wildman–Crippen MR) is 107 cm³/mol. The highest BCUT2D eigenvalue weighted by atomic mass is 79.9. The van der Waals surface area contributed by atoms with Gasteiger partial charge in [0.05, 0.1) is 17.8 Å². The number of benzene rings is 2. The standard InChI is InChI=1S/C20H23BrN2O3/c1-4-14(2)16-6-8-17(9-7-16)26-13-20(24)23-22-12-15-5-10-19(25-3)18(21)11-15/h5-12,14H,4,13H2,1-3H3,(H,23,24). The lowest BCUT2D eigenvalue weighted by Crippen LogP contribution is -2.24. The molecule has 0 aliphatic carbocycles. The Morgan fingerprint density at radius 2 is 2.00 bits per heavy atom. The summed E-state index contributed by atoms with van der Waals surface area (Å²) in [5, 5.41) is 3.93. The van der Waals surface area contributed by atoms with Crippen LogP contribution in [0.2, 0.25) is 0 Å². The van der Waals surface area contributed by atoms with E-state index in [0.29, 0.717) is 11.7 Å². The number of hydrogen-bond acceptors (Lipinski definition) is 4. The molecule has 6 heteroatoms. The molecule has 0 aliphatic rings. The van der Waals surface area contributed by atoms with Crippen molar-refractivity contribution in [1.29, 1.82) is 0 Å². The Kier molecular flexibility index (Phi) is 7.66. The van der Waals surface area contributed by atoms with Crippen LogP contribution in [0.5, 0.6) is 11.5 Å². The molecule has 0 saturated heterocycles. The largest absolute Gasteiger partial charge is 0.496 e.